The minimum atomic E-state index is -0.317. The zero-order valence-electron chi connectivity index (χ0n) is 16.0. The summed E-state index contributed by atoms with van der Waals surface area (Å²) in [5.74, 6) is 6.54. The molecule has 2 aromatic carbocycles. The van der Waals surface area contributed by atoms with Crippen LogP contribution in [-0.2, 0) is 0 Å². The van der Waals surface area contributed by atoms with Gasteiger partial charge in [0.05, 0.1) is 18.7 Å². The number of carbonyl (C=O) groups is 1. The van der Waals surface area contributed by atoms with E-state index in [1.807, 2.05) is 37.3 Å². The van der Waals surface area contributed by atoms with Crippen molar-refractivity contribution >= 4 is 23.2 Å². The van der Waals surface area contributed by atoms with Crippen molar-refractivity contribution in [3.63, 3.8) is 0 Å². The summed E-state index contributed by atoms with van der Waals surface area (Å²) in [5.41, 5.74) is 2.42. The van der Waals surface area contributed by atoms with Crippen LogP contribution in [0.2, 0.25) is 5.02 Å². The Balaban J connectivity index is 1.79. The highest BCUT2D eigenvalue weighted by molar-refractivity contribution is 6.32. The highest BCUT2D eigenvalue weighted by Crippen LogP contribution is 2.36. The summed E-state index contributed by atoms with van der Waals surface area (Å²) in [5, 5.41) is 3.16. The molecule has 0 aliphatic carbocycles. The molecule has 0 aliphatic heterocycles. The van der Waals surface area contributed by atoms with Gasteiger partial charge in [-0.25, -0.2) is 4.98 Å². The molecule has 0 aliphatic rings. The van der Waals surface area contributed by atoms with Gasteiger partial charge >= 0.3 is 0 Å². The Morgan fingerprint density at radius 2 is 2.00 bits per heavy atom. The summed E-state index contributed by atoms with van der Waals surface area (Å²) in [4.78, 5) is 16.9. The van der Waals surface area contributed by atoms with Crippen LogP contribution in [-0.4, -0.2) is 24.6 Å². The van der Waals surface area contributed by atoms with Gasteiger partial charge in [0.25, 0.3) is 5.91 Å². The molecule has 0 unspecified atom stereocenters. The molecule has 3 rings (SSSR count). The van der Waals surface area contributed by atoms with E-state index >= 15 is 0 Å². The standard InChI is InChI=1S/C23H19ClN2O3/c1-3-29-22-20(24)14-17(15-21(22)28-2)23(27)26-19-9-6-7-16(13-19)10-11-18-8-4-5-12-25-18/h4-9,12-15H,3H2,1-2H3,(H,26,27). The van der Waals surface area contributed by atoms with Crippen molar-refractivity contribution in [2.24, 2.45) is 0 Å². The molecule has 29 heavy (non-hydrogen) atoms. The van der Waals surface area contributed by atoms with E-state index in [2.05, 4.69) is 22.1 Å². The first kappa shape index (κ1) is 20.2. The number of ether oxygens (including phenoxy) is 2. The number of amides is 1. The van der Waals surface area contributed by atoms with Gasteiger partial charge in [0.1, 0.15) is 5.69 Å². The van der Waals surface area contributed by atoms with Crippen molar-refractivity contribution in [1.82, 2.24) is 4.98 Å². The van der Waals surface area contributed by atoms with Crippen LogP contribution in [0.3, 0.4) is 0 Å². The van der Waals surface area contributed by atoms with E-state index in [0.717, 1.165) is 5.56 Å². The fraction of sp³-hybridized carbons (Fsp3) is 0.130. The highest BCUT2D eigenvalue weighted by Gasteiger charge is 2.16. The van der Waals surface area contributed by atoms with E-state index in [1.165, 1.54) is 7.11 Å². The number of carbonyl (C=O) groups excluding carboxylic acids is 1. The van der Waals surface area contributed by atoms with Crippen molar-refractivity contribution in [2.45, 2.75) is 6.92 Å². The third-order valence-corrected chi connectivity index (χ3v) is 4.18. The van der Waals surface area contributed by atoms with Crippen molar-refractivity contribution in [2.75, 3.05) is 19.0 Å². The molecule has 3 aromatic rings. The van der Waals surface area contributed by atoms with Crippen LogP contribution < -0.4 is 14.8 Å². The SMILES string of the molecule is CCOc1c(Cl)cc(C(=O)Nc2cccc(C#Cc3ccccn3)c2)cc1OC. The van der Waals surface area contributed by atoms with Crippen LogP contribution in [0.4, 0.5) is 5.69 Å². The maximum absolute atomic E-state index is 12.7. The molecular weight excluding hydrogens is 388 g/mol. The molecule has 1 aromatic heterocycles. The van der Waals surface area contributed by atoms with E-state index in [1.54, 1.807) is 30.5 Å². The van der Waals surface area contributed by atoms with Gasteiger partial charge in [-0.05, 0) is 55.3 Å². The quantitative estimate of drug-likeness (QED) is 0.618. The number of aromatic nitrogens is 1. The molecule has 1 heterocycles. The van der Waals surface area contributed by atoms with Crippen LogP contribution >= 0.6 is 11.6 Å². The first-order valence-electron chi connectivity index (χ1n) is 8.95. The van der Waals surface area contributed by atoms with Gasteiger partial charge in [0, 0.05) is 23.0 Å². The molecule has 0 spiro atoms. The van der Waals surface area contributed by atoms with Gasteiger partial charge in [0.15, 0.2) is 11.5 Å². The Morgan fingerprint density at radius 3 is 2.72 bits per heavy atom. The number of hydrogen-bond acceptors (Lipinski definition) is 4. The Kier molecular flexibility index (Phi) is 6.72. The van der Waals surface area contributed by atoms with Crippen LogP contribution in [0, 0.1) is 11.8 Å². The second kappa shape index (κ2) is 9.63. The lowest BCUT2D eigenvalue weighted by atomic mass is 10.1. The first-order chi connectivity index (χ1) is 14.1. The molecule has 0 saturated heterocycles. The number of anilines is 1. The zero-order chi connectivity index (χ0) is 20.6. The first-order valence-corrected chi connectivity index (χ1v) is 9.33. The fourth-order valence-corrected chi connectivity index (χ4v) is 2.85. The lowest BCUT2D eigenvalue weighted by molar-refractivity contribution is 0.102. The van der Waals surface area contributed by atoms with E-state index in [9.17, 15) is 4.79 Å². The number of methoxy groups -OCH3 is 1. The Morgan fingerprint density at radius 1 is 1.14 bits per heavy atom. The predicted octanol–water partition coefficient (Wildman–Crippen LogP) is 4.79. The number of pyridine rings is 1. The number of halogens is 1. The number of rotatable bonds is 5. The molecule has 1 N–H and O–H groups in total. The third kappa shape index (κ3) is 5.28. The molecule has 1 amide bonds. The third-order valence-electron chi connectivity index (χ3n) is 3.90. The van der Waals surface area contributed by atoms with Gasteiger partial charge in [-0.3, -0.25) is 4.79 Å². The topological polar surface area (TPSA) is 60.5 Å². The molecule has 0 atom stereocenters. The highest BCUT2D eigenvalue weighted by atomic mass is 35.5. The summed E-state index contributed by atoms with van der Waals surface area (Å²) in [6.45, 7) is 2.29. The van der Waals surface area contributed by atoms with Gasteiger partial charge < -0.3 is 14.8 Å². The maximum Gasteiger partial charge on any atom is 0.255 e. The van der Waals surface area contributed by atoms with Crippen LogP contribution in [0.15, 0.2) is 60.8 Å². The number of nitrogens with one attached hydrogen (secondary N) is 1. The van der Waals surface area contributed by atoms with Gasteiger partial charge in [-0.2, -0.15) is 0 Å². The molecular formula is C23H19ClN2O3. The Bertz CT molecular complexity index is 1070. The van der Waals surface area contributed by atoms with Crippen LogP contribution in [0.1, 0.15) is 28.5 Å². The number of hydrogen-bond donors (Lipinski definition) is 1. The molecule has 0 saturated carbocycles. The smallest absolute Gasteiger partial charge is 0.255 e. The minimum absolute atomic E-state index is 0.311. The van der Waals surface area contributed by atoms with Gasteiger partial charge in [-0.15, -0.1) is 0 Å². The molecule has 146 valence electrons. The summed E-state index contributed by atoms with van der Waals surface area (Å²) in [6, 6.07) is 16.0. The number of benzene rings is 2. The summed E-state index contributed by atoms with van der Waals surface area (Å²) >= 11 is 6.25. The predicted molar refractivity (Wildman–Crippen MR) is 114 cm³/mol. The van der Waals surface area contributed by atoms with E-state index in [4.69, 9.17) is 21.1 Å². The monoisotopic (exact) mass is 406 g/mol. The fourth-order valence-electron chi connectivity index (χ4n) is 2.59. The van der Waals surface area contributed by atoms with Gasteiger partial charge in [-0.1, -0.05) is 29.7 Å². The maximum atomic E-state index is 12.7. The average molecular weight is 407 g/mol. The summed E-state index contributed by atoms with van der Waals surface area (Å²) in [6.07, 6.45) is 1.69. The van der Waals surface area contributed by atoms with E-state index in [0.29, 0.717) is 40.1 Å². The lowest BCUT2D eigenvalue weighted by Gasteiger charge is -2.13. The molecule has 6 heteroatoms. The van der Waals surface area contributed by atoms with Crippen LogP contribution in [0.25, 0.3) is 0 Å². The van der Waals surface area contributed by atoms with Crippen LogP contribution in [0.5, 0.6) is 11.5 Å². The minimum Gasteiger partial charge on any atom is -0.493 e. The van der Waals surface area contributed by atoms with Crippen molar-refractivity contribution in [1.29, 1.82) is 0 Å². The molecule has 0 bridgehead atoms. The van der Waals surface area contributed by atoms with Crippen molar-refractivity contribution in [3.05, 3.63) is 82.6 Å². The molecule has 0 radical (unpaired) electrons. The summed E-state index contributed by atoms with van der Waals surface area (Å²) in [7, 11) is 1.50. The largest absolute Gasteiger partial charge is 0.493 e. The molecule has 0 fully saturated rings. The second-order valence-corrected chi connectivity index (χ2v) is 6.33. The average Bonchev–Trinajstić information content (AvgIpc) is 2.74. The second-order valence-electron chi connectivity index (χ2n) is 5.92. The Labute approximate surface area is 174 Å². The van der Waals surface area contributed by atoms with Crippen molar-refractivity contribution < 1.29 is 14.3 Å². The lowest BCUT2D eigenvalue weighted by Crippen LogP contribution is -2.12. The van der Waals surface area contributed by atoms with Gasteiger partial charge in [0.2, 0.25) is 0 Å². The molecule has 5 nitrogen and oxygen atoms in total. The zero-order valence-corrected chi connectivity index (χ0v) is 16.8. The van der Waals surface area contributed by atoms with E-state index < -0.39 is 0 Å². The van der Waals surface area contributed by atoms with Crippen molar-refractivity contribution in [3.8, 4) is 23.3 Å². The van der Waals surface area contributed by atoms with E-state index in [-0.39, 0.29) is 5.91 Å². The normalized spacial score (nSPS) is 9.90. The Hall–Kier alpha value is -3.49. The number of nitrogens with zero attached hydrogens (tertiary/aromatic N) is 1. The summed E-state index contributed by atoms with van der Waals surface area (Å²) < 4.78 is 10.8.